The quantitative estimate of drug-likeness (QED) is 0.723. The Morgan fingerprint density at radius 2 is 1.74 bits per heavy atom. The zero-order valence-electron chi connectivity index (χ0n) is 15.4. The number of carbonyl (C=O) groups is 1. The maximum Gasteiger partial charge on any atom is 0.273 e. The minimum Gasteiger partial charge on any atom is -0.497 e. The molecule has 3 aromatic rings. The molecule has 2 aromatic carbocycles. The van der Waals surface area contributed by atoms with Crippen molar-refractivity contribution in [2.45, 2.75) is 0 Å². The molecule has 6 heteroatoms. The highest BCUT2D eigenvalue weighted by Gasteiger charge is 2.11. The van der Waals surface area contributed by atoms with Crippen molar-refractivity contribution in [1.82, 2.24) is 10.3 Å². The molecule has 138 valence electrons. The molecular weight excluding hydrogens is 344 g/mol. The van der Waals surface area contributed by atoms with Gasteiger partial charge in [-0.2, -0.15) is 0 Å². The molecule has 0 aliphatic rings. The monoisotopic (exact) mass is 364 g/mol. The van der Waals surface area contributed by atoms with Gasteiger partial charge in [0.05, 0.1) is 26.8 Å². The number of aromatic nitrogens is 1. The third-order valence-electron chi connectivity index (χ3n) is 4.04. The Morgan fingerprint density at radius 1 is 0.963 bits per heavy atom. The van der Waals surface area contributed by atoms with Gasteiger partial charge in [0.15, 0.2) is 0 Å². The summed E-state index contributed by atoms with van der Waals surface area (Å²) in [7, 11) is 4.75. The number of pyridine rings is 1. The Kier molecular flexibility index (Phi) is 5.56. The molecule has 1 amide bonds. The van der Waals surface area contributed by atoms with Gasteiger partial charge in [0.1, 0.15) is 22.9 Å². The van der Waals surface area contributed by atoms with Crippen LogP contribution in [-0.2, 0) is 0 Å². The molecule has 27 heavy (non-hydrogen) atoms. The molecule has 0 unspecified atom stereocenters. The fraction of sp³-hybridized carbons (Fsp3) is 0.143. The fourth-order valence-electron chi connectivity index (χ4n) is 2.68. The lowest BCUT2D eigenvalue weighted by atomic mass is 10.1. The van der Waals surface area contributed by atoms with E-state index in [-0.39, 0.29) is 11.6 Å². The van der Waals surface area contributed by atoms with Crippen LogP contribution in [0, 0.1) is 0 Å². The standard InChI is InChI=1S/C21H20N2O4/c1-25-15-8-9-19(26-2)14(12-15)10-11-22-21(24)18-13-20(27-3)16-6-4-5-7-17(16)23-18/h4-13H,1-3H3,(H,22,24)/b11-10+. The molecule has 0 radical (unpaired) electrons. The molecule has 1 heterocycles. The minimum absolute atomic E-state index is 0.271. The van der Waals surface area contributed by atoms with E-state index in [9.17, 15) is 4.79 Å². The van der Waals surface area contributed by atoms with Gasteiger partial charge in [-0.05, 0) is 36.4 Å². The fourth-order valence-corrected chi connectivity index (χ4v) is 2.68. The van der Waals surface area contributed by atoms with Crippen LogP contribution >= 0.6 is 0 Å². The first kappa shape index (κ1) is 18.3. The molecule has 0 fully saturated rings. The second kappa shape index (κ2) is 8.23. The van der Waals surface area contributed by atoms with Crippen molar-refractivity contribution in [1.29, 1.82) is 0 Å². The predicted molar refractivity (Wildman–Crippen MR) is 104 cm³/mol. The van der Waals surface area contributed by atoms with Crippen LogP contribution in [0.25, 0.3) is 17.0 Å². The molecule has 0 aliphatic carbocycles. The zero-order valence-corrected chi connectivity index (χ0v) is 15.4. The van der Waals surface area contributed by atoms with E-state index in [1.165, 1.54) is 0 Å². The van der Waals surface area contributed by atoms with Crippen molar-refractivity contribution in [3.63, 3.8) is 0 Å². The summed E-state index contributed by atoms with van der Waals surface area (Å²) in [5.41, 5.74) is 1.74. The van der Waals surface area contributed by atoms with Gasteiger partial charge in [-0.15, -0.1) is 0 Å². The summed E-state index contributed by atoms with van der Waals surface area (Å²) in [4.78, 5) is 16.9. The van der Waals surface area contributed by atoms with Crippen molar-refractivity contribution in [3.05, 3.63) is 66.0 Å². The van der Waals surface area contributed by atoms with Gasteiger partial charge in [0.25, 0.3) is 5.91 Å². The second-order valence-electron chi connectivity index (χ2n) is 5.64. The highest BCUT2D eigenvalue weighted by Crippen LogP contribution is 2.26. The Balaban J connectivity index is 1.82. The van der Waals surface area contributed by atoms with Gasteiger partial charge in [-0.1, -0.05) is 12.1 Å². The van der Waals surface area contributed by atoms with Crippen LogP contribution in [0.2, 0.25) is 0 Å². The lowest BCUT2D eigenvalue weighted by Crippen LogP contribution is -2.18. The molecule has 6 nitrogen and oxygen atoms in total. The number of benzene rings is 2. The third-order valence-corrected chi connectivity index (χ3v) is 4.04. The lowest BCUT2D eigenvalue weighted by molar-refractivity contribution is 0.0965. The highest BCUT2D eigenvalue weighted by atomic mass is 16.5. The molecule has 1 N–H and O–H groups in total. The van der Waals surface area contributed by atoms with Crippen LogP contribution in [0.3, 0.4) is 0 Å². The summed E-state index contributed by atoms with van der Waals surface area (Å²) in [6, 6.07) is 14.6. The number of amides is 1. The molecule has 0 spiro atoms. The Hall–Kier alpha value is -3.54. The number of nitrogens with one attached hydrogen (secondary N) is 1. The molecule has 0 aliphatic heterocycles. The number of methoxy groups -OCH3 is 3. The average Bonchev–Trinajstić information content (AvgIpc) is 2.72. The second-order valence-corrected chi connectivity index (χ2v) is 5.64. The summed E-state index contributed by atoms with van der Waals surface area (Å²) in [5.74, 6) is 1.64. The van der Waals surface area contributed by atoms with Crippen LogP contribution in [0.5, 0.6) is 17.2 Å². The van der Waals surface area contributed by atoms with Gasteiger partial charge in [-0.3, -0.25) is 4.79 Å². The van der Waals surface area contributed by atoms with Gasteiger partial charge in [0.2, 0.25) is 0 Å². The molecule has 1 aromatic heterocycles. The van der Waals surface area contributed by atoms with Crippen molar-refractivity contribution in [3.8, 4) is 17.2 Å². The Bertz CT molecular complexity index is 999. The molecule has 0 saturated carbocycles. The van der Waals surface area contributed by atoms with Crippen LogP contribution in [0.4, 0.5) is 0 Å². The van der Waals surface area contributed by atoms with Crippen molar-refractivity contribution < 1.29 is 19.0 Å². The summed E-state index contributed by atoms with van der Waals surface area (Å²) in [5, 5.41) is 3.57. The molecule has 3 rings (SSSR count). The maximum atomic E-state index is 12.5. The average molecular weight is 364 g/mol. The van der Waals surface area contributed by atoms with E-state index in [0.717, 1.165) is 10.9 Å². The normalized spacial score (nSPS) is 10.8. The number of para-hydroxylation sites is 1. The van der Waals surface area contributed by atoms with Crippen molar-refractivity contribution in [2.24, 2.45) is 0 Å². The molecular formula is C21H20N2O4. The van der Waals surface area contributed by atoms with E-state index in [1.807, 2.05) is 30.3 Å². The SMILES string of the molecule is COc1ccc(OC)c(/C=C/NC(=O)c2cc(OC)c3ccccc3n2)c1. The van der Waals surface area contributed by atoms with Crippen LogP contribution < -0.4 is 19.5 Å². The zero-order chi connectivity index (χ0) is 19.2. The Morgan fingerprint density at radius 3 is 2.48 bits per heavy atom. The largest absolute Gasteiger partial charge is 0.497 e. The van der Waals surface area contributed by atoms with E-state index in [0.29, 0.717) is 22.8 Å². The van der Waals surface area contributed by atoms with Crippen molar-refractivity contribution in [2.75, 3.05) is 21.3 Å². The molecule has 0 atom stereocenters. The topological polar surface area (TPSA) is 69.7 Å². The number of ether oxygens (including phenoxy) is 3. The highest BCUT2D eigenvalue weighted by molar-refractivity contribution is 5.97. The predicted octanol–water partition coefficient (Wildman–Crippen LogP) is 3.66. The number of hydrogen-bond donors (Lipinski definition) is 1. The Labute approximate surface area is 157 Å². The number of rotatable bonds is 6. The first-order valence-electron chi connectivity index (χ1n) is 8.29. The van der Waals surface area contributed by atoms with Gasteiger partial charge >= 0.3 is 0 Å². The van der Waals surface area contributed by atoms with E-state index >= 15 is 0 Å². The minimum atomic E-state index is -0.336. The maximum absolute atomic E-state index is 12.5. The van der Waals surface area contributed by atoms with Crippen molar-refractivity contribution >= 4 is 22.9 Å². The first-order valence-corrected chi connectivity index (χ1v) is 8.29. The first-order chi connectivity index (χ1) is 13.2. The van der Waals surface area contributed by atoms with E-state index < -0.39 is 0 Å². The molecule has 0 bridgehead atoms. The summed E-state index contributed by atoms with van der Waals surface area (Å²) in [6.07, 6.45) is 3.28. The summed E-state index contributed by atoms with van der Waals surface area (Å²) >= 11 is 0. The van der Waals surface area contributed by atoms with E-state index in [4.69, 9.17) is 14.2 Å². The summed E-state index contributed by atoms with van der Waals surface area (Å²) in [6.45, 7) is 0. The van der Waals surface area contributed by atoms with Crippen LogP contribution in [-0.4, -0.2) is 32.2 Å². The van der Waals surface area contributed by atoms with Gasteiger partial charge < -0.3 is 19.5 Å². The number of hydrogen-bond acceptors (Lipinski definition) is 5. The third kappa shape index (κ3) is 4.00. The number of fused-ring (bicyclic) bond motifs is 1. The lowest BCUT2D eigenvalue weighted by Gasteiger charge is -2.08. The number of nitrogens with zero attached hydrogens (tertiary/aromatic N) is 1. The smallest absolute Gasteiger partial charge is 0.273 e. The summed E-state index contributed by atoms with van der Waals surface area (Å²) < 4.78 is 15.9. The van der Waals surface area contributed by atoms with Crippen LogP contribution in [0.1, 0.15) is 16.1 Å². The van der Waals surface area contributed by atoms with Gasteiger partial charge in [-0.25, -0.2) is 4.98 Å². The van der Waals surface area contributed by atoms with Crippen LogP contribution in [0.15, 0.2) is 54.7 Å². The van der Waals surface area contributed by atoms with E-state index in [2.05, 4.69) is 10.3 Å². The van der Waals surface area contributed by atoms with E-state index in [1.54, 1.807) is 51.8 Å². The molecule has 0 saturated heterocycles. The van der Waals surface area contributed by atoms with Gasteiger partial charge in [0, 0.05) is 23.2 Å². The number of carbonyl (C=O) groups excluding carboxylic acids is 1.